The molecule has 5 nitrogen and oxygen atoms in total. The summed E-state index contributed by atoms with van der Waals surface area (Å²) >= 11 is 5.82. The highest BCUT2D eigenvalue weighted by atomic mass is 35.5. The second-order valence-corrected chi connectivity index (χ2v) is 6.63. The summed E-state index contributed by atoms with van der Waals surface area (Å²) < 4.78 is 14.2. The Bertz CT molecular complexity index is 654. The molecular formula is C15H16ClFN4O. The van der Waals surface area contributed by atoms with Crippen molar-refractivity contribution in [3.63, 3.8) is 0 Å². The molecule has 0 radical (unpaired) electrons. The van der Waals surface area contributed by atoms with Crippen molar-refractivity contribution in [3.05, 3.63) is 30.0 Å². The average Bonchev–Trinajstić information content (AvgIpc) is 3.09. The van der Waals surface area contributed by atoms with E-state index < -0.39 is 5.82 Å². The predicted octanol–water partition coefficient (Wildman–Crippen LogP) is 1.99. The van der Waals surface area contributed by atoms with Gasteiger partial charge in [0.2, 0.25) is 11.2 Å². The number of nitrogens with one attached hydrogen (secondary N) is 1. The van der Waals surface area contributed by atoms with Crippen molar-refractivity contribution in [3.8, 4) is 0 Å². The lowest BCUT2D eigenvalue weighted by Gasteiger charge is -2.45. The van der Waals surface area contributed by atoms with Gasteiger partial charge < -0.3 is 10.2 Å². The van der Waals surface area contributed by atoms with E-state index in [0.29, 0.717) is 17.8 Å². The number of allylic oxidation sites excluding steroid dienone is 1. The molecule has 1 aromatic heterocycles. The van der Waals surface area contributed by atoms with Crippen LogP contribution < -0.4 is 10.2 Å². The van der Waals surface area contributed by atoms with Gasteiger partial charge in [0.05, 0.1) is 18.8 Å². The molecule has 0 aromatic carbocycles. The van der Waals surface area contributed by atoms with Gasteiger partial charge in [-0.3, -0.25) is 4.79 Å². The van der Waals surface area contributed by atoms with Crippen LogP contribution in [0.2, 0.25) is 5.28 Å². The third-order valence-corrected chi connectivity index (χ3v) is 5.55. The van der Waals surface area contributed by atoms with Gasteiger partial charge in [-0.2, -0.15) is 4.98 Å². The lowest BCUT2D eigenvalue weighted by molar-refractivity contribution is -0.129. The largest absolute Gasteiger partial charge is 0.338 e. The summed E-state index contributed by atoms with van der Waals surface area (Å²) in [6.07, 6.45) is 5.02. The molecule has 0 spiro atoms. The summed E-state index contributed by atoms with van der Waals surface area (Å²) in [5, 5.41) is 2.87. The van der Waals surface area contributed by atoms with E-state index in [1.807, 2.05) is 11.0 Å². The fourth-order valence-corrected chi connectivity index (χ4v) is 4.71. The molecule has 2 bridgehead atoms. The van der Waals surface area contributed by atoms with Gasteiger partial charge in [-0.15, -0.1) is 6.58 Å². The van der Waals surface area contributed by atoms with Gasteiger partial charge >= 0.3 is 0 Å². The number of carbonyl (C=O) groups excluding carboxylic acids is 1. The maximum absolute atomic E-state index is 14.2. The molecule has 116 valence electrons. The molecule has 5 unspecified atom stereocenters. The fraction of sp³-hybridized carbons (Fsp3) is 0.533. The molecule has 3 fully saturated rings. The second kappa shape index (κ2) is 4.91. The number of rotatable bonds is 2. The minimum Gasteiger partial charge on any atom is -0.338 e. The SMILES string of the molecule is C=CC1CC2CC1C1C2C(=O)NCN1c1nc(Cl)ncc1F. The number of carbonyl (C=O) groups is 1. The fourth-order valence-electron chi connectivity index (χ4n) is 4.58. The van der Waals surface area contributed by atoms with Gasteiger partial charge in [0.1, 0.15) is 0 Å². The minimum atomic E-state index is -0.516. The summed E-state index contributed by atoms with van der Waals surface area (Å²) in [5.74, 6) is 0.635. The number of anilines is 1. The lowest BCUT2D eigenvalue weighted by atomic mass is 9.76. The normalized spacial score (nSPS) is 36.2. The van der Waals surface area contributed by atoms with Gasteiger partial charge in [-0.25, -0.2) is 9.37 Å². The van der Waals surface area contributed by atoms with Crippen molar-refractivity contribution >= 4 is 23.3 Å². The van der Waals surface area contributed by atoms with Crippen LogP contribution in [0.1, 0.15) is 12.8 Å². The molecule has 22 heavy (non-hydrogen) atoms. The van der Waals surface area contributed by atoms with Crippen molar-refractivity contribution in [2.75, 3.05) is 11.6 Å². The molecule has 2 aliphatic carbocycles. The summed E-state index contributed by atoms with van der Waals surface area (Å²) in [5.41, 5.74) is 0. The van der Waals surface area contributed by atoms with Crippen LogP contribution in [0, 0.1) is 29.5 Å². The van der Waals surface area contributed by atoms with E-state index in [-0.39, 0.29) is 35.6 Å². The molecule has 1 aromatic rings. The Kier molecular flexibility index (Phi) is 3.11. The first-order valence-electron chi connectivity index (χ1n) is 7.45. The highest BCUT2D eigenvalue weighted by Crippen LogP contribution is 2.55. The van der Waals surface area contributed by atoms with Crippen LogP contribution in [0.25, 0.3) is 0 Å². The van der Waals surface area contributed by atoms with Gasteiger partial charge in [-0.1, -0.05) is 6.08 Å². The standard InChI is InChI=1S/C15H16ClFN4O/c1-2-7-3-8-4-9(7)12-11(8)14(22)19-6-21(12)13-10(17)5-18-15(16)20-13/h2,5,7-9,11-12H,1,3-4,6H2,(H,19,22). The maximum Gasteiger partial charge on any atom is 0.226 e. The van der Waals surface area contributed by atoms with Crippen LogP contribution in [0.5, 0.6) is 0 Å². The Labute approximate surface area is 132 Å². The Morgan fingerprint density at radius 3 is 3.09 bits per heavy atom. The lowest BCUT2D eigenvalue weighted by Crippen LogP contribution is -2.60. The molecule has 3 aliphatic rings. The van der Waals surface area contributed by atoms with Gasteiger partial charge in [0, 0.05) is 6.04 Å². The third-order valence-electron chi connectivity index (χ3n) is 5.37. The molecule has 1 saturated heterocycles. The van der Waals surface area contributed by atoms with Crippen LogP contribution in [0.15, 0.2) is 18.9 Å². The van der Waals surface area contributed by atoms with Gasteiger partial charge in [-0.05, 0) is 42.2 Å². The zero-order chi connectivity index (χ0) is 15.4. The smallest absolute Gasteiger partial charge is 0.226 e. The Morgan fingerprint density at radius 2 is 2.32 bits per heavy atom. The molecule has 5 atom stereocenters. The minimum absolute atomic E-state index is 0.00766. The summed E-state index contributed by atoms with van der Waals surface area (Å²) in [6, 6.07) is -0.0454. The van der Waals surface area contributed by atoms with Crippen LogP contribution in [-0.4, -0.2) is 28.6 Å². The Hall–Kier alpha value is -1.69. The van der Waals surface area contributed by atoms with E-state index in [0.717, 1.165) is 19.0 Å². The highest BCUT2D eigenvalue weighted by Gasteiger charge is 2.58. The number of fused-ring (bicyclic) bond motifs is 5. The van der Waals surface area contributed by atoms with E-state index in [1.54, 1.807) is 0 Å². The van der Waals surface area contributed by atoms with Crippen molar-refractivity contribution < 1.29 is 9.18 Å². The van der Waals surface area contributed by atoms with Crippen LogP contribution in [0.4, 0.5) is 10.2 Å². The number of hydrogen-bond acceptors (Lipinski definition) is 4. The zero-order valence-corrected chi connectivity index (χ0v) is 12.6. The third kappa shape index (κ3) is 1.86. The predicted molar refractivity (Wildman–Crippen MR) is 79.7 cm³/mol. The number of halogens is 2. The van der Waals surface area contributed by atoms with E-state index in [9.17, 15) is 9.18 Å². The van der Waals surface area contributed by atoms with E-state index in [4.69, 9.17) is 11.6 Å². The van der Waals surface area contributed by atoms with Gasteiger partial charge in [0.25, 0.3) is 0 Å². The number of nitrogens with zero attached hydrogens (tertiary/aromatic N) is 3. The van der Waals surface area contributed by atoms with E-state index >= 15 is 0 Å². The molecule has 7 heteroatoms. The van der Waals surface area contributed by atoms with E-state index in [1.165, 1.54) is 0 Å². The van der Waals surface area contributed by atoms with Crippen LogP contribution in [-0.2, 0) is 4.79 Å². The van der Waals surface area contributed by atoms with Gasteiger partial charge in [0.15, 0.2) is 11.6 Å². The summed E-state index contributed by atoms with van der Waals surface area (Å²) in [7, 11) is 0. The monoisotopic (exact) mass is 322 g/mol. The molecular weight excluding hydrogens is 307 g/mol. The number of aromatic nitrogens is 2. The second-order valence-electron chi connectivity index (χ2n) is 6.29. The van der Waals surface area contributed by atoms with Crippen molar-refractivity contribution in [1.29, 1.82) is 0 Å². The summed E-state index contributed by atoms with van der Waals surface area (Å²) in [6.45, 7) is 4.16. The van der Waals surface area contributed by atoms with E-state index in [2.05, 4.69) is 21.9 Å². The van der Waals surface area contributed by atoms with Crippen molar-refractivity contribution in [2.45, 2.75) is 18.9 Å². The first kappa shape index (κ1) is 13.9. The molecule has 1 N–H and O–H groups in total. The quantitative estimate of drug-likeness (QED) is 0.668. The number of amides is 1. The summed E-state index contributed by atoms with van der Waals surface area (Å²) in [4.78, 5) is 21.8. The highest BCUT2D eigenvalue weighted by molar-refractivity contribution is 6.28. The maximum atomic E-state index is 14.2. The first-order valence-corrected chi connectivity index (χ1v) is 7.83. The van der Waals surface area contributed by atoms with Crippen LogP contribution in [0.3, 0.4) is 0 Å². The van der Waals surface area contributed by atoms with Crippen molar-refractivity contribution in [2.24, 2.45) is 23.7 Å². The first-order chi connectivity index (χ1) is 10.6. The molecule has 1 aliphatic heterocycles. The Morgan fingerprint density at radius 1 is 1.50 bits per heavy atom. The average molecular weight is 323 g/mol. The topological polar surface area (TPSA) is 58.1 Å². The number of hydrogen-bond donors (Lipinski definition) is 1. The molecule has 2 saturated carbocycles. The molecule has 4 rings (SSSR count). The molecule has 2 heterocycles. The Balaban J connectivity index is 1.75. The van der Waals surface area contributed by atoms with Crippen LogP contribution >= 0.6 is 11.6 Å². The zero-order valence-electron chi connectivity index (χ0n) is 11.9. The van der Waals surface area contributed by atoms with Crippen molar-refractivity contribution in [1.82, 2.24) is 15.3 Å². The molecule has 1 amide bonds.